The Morgan fingerprint density at radius 3 is 2.62 bits per heavy atom. The van der Waals surface area contributed by atoms with Crippen molar-refractivity contribution in [1.82, 2.24) is 15.3 Å². The quantitative estimate of drug-likeness (QED) is 0.532. The highest BCUT2D eigenvalue weighted by Gasteiger charge is 2.23. The second kappa shape index (κ2) is 8.79. The van der Waals surface area contributed by atoms with Gasteiger partial charge in [-0.15, -0.1) is 23.1 Å². The van der Waals surface area contributed by atoms with Crippen LogP contribution in [0.3, 0.4) is 0 Å². The molecule has 2 heterocycles. The molecule has 4 N–H and O–H groups in total. The lowest BCUT2D eigenvalue weighted by Gasteiger charge is -2.18. The standard InChI is InChI=1S/C20H22N4O3S2/c1-10-11(2)29-20-15(10)19(27)22-14(23-20)9-28-12(3)18(26)24-16(17(21)25)13-7-5-4-6-8-13/h4-8,12,16H,9H2,1-3H3,(H2,21,25)(H,24,26)(H,22,23,27). The van der Waals surface area contributed by atoms with Gasteiger partial charge in [-0.3, -0.25) is 14.4 Å². The topological polar surface area (TPSA) is 118 Å². The molecule has 152 valence electrons. The summed E-state index contributed by atoms with van der Waals surface area (Å²) in [5.41, 5.74) is 6.87. The number of thiophene rings is 1. The van der Waals surface area contributed by atoms with E-state index in [-0.39, 0.29) is 11.5 Å². The van der Waals surface area contributed by atoms with Crippen molar-refractivity contribution in [2.24, 2.45) is 5.73 Å². The Morgan fingerprint density at radius 1 is 1.28 bits per heavy atom. The lowest BCUT2D eigenvalue weighted by Crippen LogP contribution is -2.40. The van der Waals surface area contributed by atoms with Gasteiger partial charge in [-0.25, -0.2) is 4.98 Å². The zero-order valence-corrected chi connectivity index (χ0v) is 17.9. The van der Waals surface area contributed by atoms with Crippen molar-refractivity contribution < 1.29 is 9.59 Å². The summed E-state index contributed by atoms with van der Waals surface area (Å²) in [5.74, 6) is -0.0547. The predicted octanol–water partition coefficient (Wildman–Crippen LogP) is 2.57. The Morgan fingerprint density at radius 2 is 1.97 bits per heavy atom. The predicted molar refractivity (Wildman–Crippen MR) is 117 cm³/mol. The minimum absolute atomic E-state index is 0.164. The van der Waals surface area contributed by atoms with Gasteiger partial charge in [0.1, 0.15) is 16.7 Å². The molecule has 2 aromatic heterocycles. The van der Waals surface area contributed by atoms with Crippen molar-refractivity contribution in [2.45, 2.75) is 37.8 Å². The average Bonchev–Trinajstić information content (AvgIpc) is 2.98. The molecule has 0 radical (unpaired) electrons. The Labute approximate surface area is 176 Å². The number of nitrogens with one attached hydrogen (secondary N) is 2. The van der Waals surface area contributed by atoms with Crippen LogP contribution in [0.25, 0.3) is 10.2 Å². The van der Waals surface area contributed by atoms with Gasteiger partial charge in [-0.05, 0) is 31.9 Å². The lowest BCUT2D eigenvalue weighted by molar-refractivity contribution is -0.127. The number of carbonyl (C=O) groups excluding carboxylic acids is 2. The summed E-state index contributed by atoms with van der Waals surface area (Å²) >= 11 is 2.81. The van der Waals surface area contributed by atoms with E-state index in [2.05, 4.69) is 15.3 Å². The molecule has 0 bridgehead atoms. The third kappa shape index (κ3) is 4.68. The van der Waals surface area contributed by atoms with Gasteiger partial charge in [-0.1, -0.05) is 30.3 Å². The van der Waals surface area contributed by atoms with Gasteiger partial charge in [-0.2, -0.15) is 0 Å². The van der Waals surface area contributed by atoms with Crippen LogP contribution in [0.2, 0.25) is 0 Å². The van der Waals surface area contributed by atoms with E-state index in [9.17, 15) is 14.4 Å². The van der Waals surface area contributed by atoms with Crippen molar-refractivity contribution in [1.29, 1.82) is 0 Å². The fourth-order valence-electron chi connectivity index (χ4n) is 2.87. The van der Waals surface area contributed by atoms with E-state index in [1.165, 1.54) is 23.1 Å². The summed E-state index contributed by atoms with van der Waals surface area (Å²) in [4.78, 5) is 45.8. The molecule has 2 atom stereocenters. The monoisotopic (exact) mass is 430 g/mol. The highest BCUT2D eigenvalue weighted by molar-refractivity contribution is 7.99. The number of hydrogen-bond donors (Lipinski definition) is 3. The molecule has 0 aliphatic rings. The number of aryl methyl sites for hydroxylation is 2. The maximum absolute atomic E-state index is 12.5. The second-order valence-corrected chi connectivity index (χ2v) is 9.22. The number of primary amides is 1. The van der Waals surface area contributed by atoms with E-state index in [0.717, 1.165) is 10.4 Å². The van der Waals surface area contributed by atoms with Gasteiger partial charge >= 0.3 is 0 Å². The van der Waals surface area contributed by atoms with Crippen LogP contribution in [0.15, 0.2) is 35.1 Å². The van der Waals surface area contributed by atoms with Gasteiger partial charge in [0.05, 0.1) is 16.4 Å². The van der Waals surface area contributed by atoms with Crippen LogP contribution in [0.1, 0.15) is 34.8 Å². The van der Waals surface area contributed by atoms with E-state index in [0.29, 0.717) is 27.4 Å². The normalized spacial score (nSPS) is 13.2. The van der Waals surface area contributed by atoms with Crippen LogP contribution in [0.5, 0.6) is 0 Å². The first-order valence-corrected chi connectivity index (χ1v) is 10.9. The zero-order chi connectivity index (χ0) is 21.1. The van der Waals surface area contributed by atoms with Crippen LogP contribution in [0, 0.1) is 13.8 Å². The summed E-state index contributed by atoms with van der Waals surface area (Å²) < 4.78 is 0. The molecule has 0 aliphatic carbocycles. The Kier molecular flexibility index (Phi) is 6.39. The molecule has 9 heteroatoms. The smallest absolute Gasteiger partial charge is 0.259 e. The first-order chi connectivity index (χ1) is 13.8. The molecule has 0 spiro atoms. The maximum Gasteiger partial charge on any atom is 0.259 e. The third-order valence-electron chi connectivity index (χ3n) is 4.63. The van der Waals surface area contributed by atoms with Crippen molar-refractivity contribution in [3.05, 3.63) is 62.5 Å². The highest BCUT2D eigenvalue weighted by atomic mass is 32.2. The minimum Gasteiger partial charge on any atom is -0.368 e. The molecular formula is C20H22N4O3S2. The summed E-state index contributed by atoms with van der Waals surface area (Å²) in [6.45, 7) is 5.61. The molecule has 2 amide bonds. The lowest BCUT2D eigenvalue weighted by atomic mass is 10.1. The molecule has 3 rings (SSSR count). The van der Waals surface area contributed by atoms with E-state index in [4.69, 9.17) is 5.73 Å². The molecule has 3 aromatic rings. The Hall–Kier alpha value is -2.65. The number of thioether (sulfide) groups is 1. The van der Waals surface area contributed by atoms with Crippen LogP contribution in [-0.2, 0) is 15.3 Å². The highest BCUT2D eigenvalue weighted by Crippen LogP contribution is 2.26. The van der Waals surface area contributed by atoms with Crippen molar-refractivity contribution in [3.63, 3.8) is 0 Å². The zero-order valence-electron chi connectivity index (χ0n) is 16.3. The molecule has 7 nitrogen and oxygen atoms in total. The van der Waals surface area contributed by atoms with Gasteiger partial charge in [0.15, 0.2) is 0 Å². The van der Waals surface area contributed by atoms with Crippen LogP contribution in [-0.4, -0.2) is 27.0 Å². The molecule has 1 aromatic carbocycles. The number of benzene rings is 1. The molecule has 0 fully saturated rings. The molecule has 0 aliphatic heterocycles. The van der Waals surface area contributed by atoms with Gasteiger partial charge in [0.25, 0.3) is 5.56 Å². The molecule has 0 saturated carbocycles. The Balaban J connectivity index is 1.68. The number of nitrogens with zero attached hydrogens (tertiary/aromatic N) is 1. The number of nitrogens with two attached hydrogens (primary N) is 1. The largest absolute Gasteiger partial charge is 0.368 e. The summed E-state index contributed by atoms with van der Waals surface area (Å²) in [6.07, 6.45) is 0. The second-order valence-electron chi connectivity index (χ2n) is 6.68. The molecular weight excluding hydrogens is 408 g/mol. The minimum atomic E-state index is -0.891. The first kappa shape index (κ1) is 21.1. The summed E-state index contributed by atoms with van der Waals surface area (Å²) in [5, 5.41) is 2.86. The van der Waals surface area contributed by atoms with Crippen LogP contribution in [0.4, 0.5) is 0 Å². The number of fused-ring (bicyclic) bond motifs is 1. The Bertz CT molecular complexity index is 1110. The number of amides is 2. The number of aromatic amines is 1. The number of hydrogen-bond acceptors (Lipinski definition) is 6. The summed E-state index contributed by atoms with van der Waals surface area (Å²) in [7, 11) is 0. The van der Waals surface area contributed by atoms with Crippen LogP contribution >= 0.6 is 23.1 Å². The first-order valence-electron chi connectivity index (χ1n) is 9.03. The number of carbonyl (C=O) groups is 2. The molecule has 29 heavy (non-hydrogen) atoms. The fourth-order valence-corrected chi connectivity index (χ4v) is 4.68. The molecule has 2 unspecified atom stereocenters. The fraction of sp³-hybridized carbons (Fsp3) is 0.300. The SMILES string of the molecule is Cc1sc2nc(CSC(C)C(=O)NC(C(N)=O)c3ccccc3)[nH]c(=O)c2c1C. The van der Waals surface area contributed by atoms with Gasteiger partial charge in [0.2, 0.25) is 11.8 Å². The number of rotatable bonds is 7. The van der Waals surface area contributed by atoms with Crippen molar-refractivity contribution >= 4 is 45.1 Å². The maximum atomic E-state index is 12.5. The van der Waals surface area contributed by atoms with Crippen LogP contribution < -0.4 is 16.6 Å². The van der Waals surface area contributed by atoms with E-state index >= 15 is 0 Å². The van der Waals surface area contributed by atoms with Gasteiger partial charge < -0.3 is 16.0 Å². The summed E-state index contributed by atoms with van der Waals surface area (Å²) in [6, 6.07) is 7.97. The van der Waals surface area contributed by atoms with E-state index in [1.807, 2.05) is 19.9 Å². The van der Waals surface area contributed by atoms with E-state index < -0.39 is 17.2 Å². The van der Waals surface area contributed by atoms with Crippen molar-refractivity contribution in [3.8, 4) is 0 Å². The van der Waals surface area contributed by atoms with Crippen molar-refractivity contribution in [2.75, 3.05) is 0 Å². The average molecular weight is 431 g/mol. The van der Waals surface area contributed by atoms with E-state index in [1.54, 1.807) is 31.2 Å². The third-order valence-corrected chi connectivity index (χ3v) is 6.89. The van der Waals surface area contributed by atoms with Gasteiger partial charge in [0, 0.05) is 4.88 Å². The number of aromatic nitrogens is 2. The molecule has 0 saturated heterocycles. The number of H-pyrrole nitrogens is 1.